The molecular weight excluding hydrogens is 518 g/mol. The Balaban J connectivity index is 1.73. The van der Waals surface area contributed by atoms with Gasteiger partial charge in [-0.3, -0.25) is 10.7 Å². The lowest BCUT2D eigenvalue weighted by Crippen LogP contribution is -2.33. The van der Waals surface area contributed by atoms with E-state index < -0.39 is 18.0 Å². The summed E-state index contributed by atoms with van der Waals surface area (Å²) in [5.74, 6) is 0.937. The predicted molar refractivity (Wildman–Crippen MR) is 153 cm³/mol. The highest BCUT2D eigenvalue weighted by atomic mass is 35.5. The van der Waals surface area contributed by atoms with Crippen LogP contribution >= 0.6 is 11.6 Å². The van der Waals surface area contributed by atoms with E-state index in [-0.39, 0.29) is 12.4 Å². The van der Waals surface area contributed by atoms with Gasteiger partial charge in [0.25, 0.3) is 0 Å². The highest BCUT2D eigenvalue weighted by Crippen LogP contribution is 2.35. The zero-order chi connectivity index (χ0) is 27.8. The first-order chi connectivity index (χ1) is 18.8. The van der Waals surface area contributed by atoms with E-state index >= 15 is 0 Å². The molecular formula is C28H34ClN7O3. The molecule has 4 rings (SSSR count). The molecule has 1 amide bonds. The third-order valence-electron chi connectivity index (χ3n) is 6.91. The molecule has 39 heavy (non-hydrogen) atoms. The Labute approximate surface area is 232 Å². The van der Waals surface area contributed by atoms with Gasteiger partial charge >= 0.3 is 6.09 Å². The first-order valence-corrected chi connectivity index (χ1v) is 13.4. The van der Waals surface area contributed by atoms with E-state index in [0.717, 1.165) is 24.3 Å². The van der Waals surface area contributed by atoms with Crippen LogP contribution in [0.2, 0.25) is 5.02 Å². The van der Waals surface area contributed by atoms with Crippen molar-refractivity contribution in [3.8, 4) is 11.3 Å². The van der Waals surface area contributed by atoms with Crippen LogP contribution in [0.3, 0.4) is 0 Å². The monoisotopic (exact) mass is 551 g/mol. The van der Waals surface area contributed by atoms with Gasteiger partial charge in [-0.15, -0.1) is 0 Å². The number of aliphatic hydroxyl groups is 1. The Morgan fingerprint density at radius 2 is 1.85 bits per heavy atom. The molecule has 1 aliphatic rings. The number of benzene rings is 2. The summed E-state index contributed by atoms with van der Waals surface area (Å²) in [5, 5.41) is 33.5. The molecule has 0 bridgehead atoms. The summed E-state index contributed by atoms with van der Waals surface area (Å²) < 4.78 is 0. The molecule has 0 spiro atoms. The predicted octanol–water partition coefficient (Wildman–Crippen LogP) is 5.28. The number of carbonyl (C=O) groups is 1. The van der Waals surface area contributed by atoms with Crippen LogP contribution in [0.1, 0.15) is 50.0 Å². The highest BCUT2D eigenvalue weighted by molar-refractivity contribution is 6.30. The van der Waals surface area contributed by atoms with Crippen LogP contribution in [0.25, 0.3) is 11.3 Å². The zero-order valence-electron chi connectivity index (χ0n) is 21.7. The number of hydrogen-bond donors (Lipinski definition) is 7. The van der Waals surface area contributed by atoms with Crippen molar-refractivity contribution in [3.05, 3.63) is 71.0 Å². The molecule has 3 aromatic rings. The average molecular weight is 552 g/mol. The van der Waals surface area contributed by atoms with Crippen molar-refractivity contribution in [2.75, 3.05) is 23.9 Å². The minimum Gasteiger partial charge on any atom is -0.465 e. The Kier molecular flexibility index (Phi) is 9.69. The van der Waals surface area contributed by atoms with E-state index in [0.29, 0.717) is 40.2 Å². The maximum atomic E-state index is 11.3. The molecule has 1 atom stereocenters. The van der Waals surface area contributed by atoms with Gasteiger partial charge in [0.15, 0.2) is 17.5 Å². The van der Waals surface area contributed by atoms with Gasteiger partial charge in [-0.1, -0.05) is 73.8 Å². The van der Waals surface area contributed by atoms with Crippen LogP contribution in [0.5, 0.6) is 0 Å². The number of hydrogen-bond acceptors (Lipinski definition) is 8. The summed E-state index contributed by atoms with van der Waals surface area (Å²) in [6, 6.07) is 16.2. The topological polar surface area (TPSA) is 155 Å². The van der Waals surface area contributed by atoms with Crippen molar-refractivity contribution >= 4 is 35.0 Å². The molecule has 10 nitrogen and oxygen atoms in total. The quantitative estimate of drug-likeness (QED) is 0.102. The lowest BCUT2D eigenvalue weighted by atomic mass is 9.83. The van der Waals surface area contributed by atoms with E-state index in [4.69, 9.17) is 17.0 Å². The largest absolute Gasteiger partial charge is 0.465 e. The van der Waals surface area contributed by atoms with Crippen molar-refractivity contribution in [3.63, 3.8) is 0 Å². The maximum absolute atomic E-state index is 11.3. The minimum absolute atomic E-state index is 0.117. The van der Waals surface area contributed by atoms with Crippen molar-refractivity contribution < 1.29 is 15.0 Å². The fourth-order valence-electron chi connectivity index (χ4n) is 4.69. The van der Waals surface area contributed by atoms with E-state index in [1.807, 2.05) is 41.7 Å². The standard InChI is InChI=1S/C28H34ClN7O3/c1-17-10-12-18(13-11-17)15-31-24-23(20-8-5-9-21(29)14-20)32-27(25(30)33-28(38)39)34-26(24)36-35-22(16-37)19-6-3-2-4-7-19/h2-9,14,17-18,22,31,35,37H,10-13,15-16H2,1H3,(H2,30,33)(H,38,39)(H,32,34,36)/t17-,18-,22-/m0/s1. The average Bonchev–Trinajstić information content (AvgIpc) is 2.93. The minimum atomic E-state index is -1.39. The molecule has 206 valence electrons. The Hall–Kier alpha value is -3.73. The van der Waals surface area contributed by atoms with Crippen molar-refractivity contribution in [1.29, 1.82) is 5.41 Å². The van der Waals surface area contributed by atoms with Gasteiger partial charge in [-0.2, -0.15) is 0 Å². The van der Waals surface area contributed by atoms with E-state index in [1.54, 1.807) is 18.2 Å². The molecule has 7 N–H and O–H groups in total. The molecule has 1 fully saturated rings. The van der Waals surface area contributed by atoms with Gasteiger partial charge in [0.05, 0.1) is 18.3 Å². The Morgan fingerprint density at radius 3 is 2.51 bits per heavy atom. The molecule has 0 aliphatic heterocycles. The molecule has 0 radical (unpaired) electrons. The molecule has 1 heterocycles. The lowest BCUT2D eigenvalue weighted by molar-refractivity contribution is 0.200. The summed E-state index contributed by atoms with van der Waals surface area (Å²) in [7, 11) is 0. The van der Waals surface area contributed by atoms with Crippen LogP contribution in [0.4, 0.5) is 16.3 Å². The van der Waals surface area contributed by atoms with Gasteiger partial charge in [0.2, 0.25) is 0 Å². The van der Waals surface area contributed by atoms with E-state index in [2.05, 4.69) is 33.1 Å². The van der Waals surface area contributed by atoms with Crippen LogP contribution < -0.4 is 21.5 Å². The Morgan fingerprint density at radius 1 is 1.10 bits per heavy atom. The number of aliphatic hydroxyl groups excluding tert-OH is 1. The number of nitrogens with zero attached hydrogens (tertiary/aromatic N) is 2. The van der Waals surface area contributed by atoms with Crippen LogP contribution in [0.15, 0.2) is 54.6 Å². The number of amides is 1. The molecule has 1 aromatic heterocycles. The molecule has 1 aliphatic carbocycles. The van der Waals surface area contributed by atoms with E-state index in [1.165, 1.54) is 12.8 Å². The van der Waals surface area contributed by atoms with Crippen LogP contribution in [-0.4, -0.2) is 45.3 Å². The number of amidine groups is 1. The van der Waals surface area contributed by atoms with Crippen molar-refractivity contribution in [2.45, 2.75) is 38.6 Å². The third kappa shape index (κ3) is 7.66. The number of anilines is 2. The normalized spacial score (nSPS) is 17.7. The molecule has 1 saturated carbocycles. The number of carboxylic acid groups (broad SMARTS) is 1. The van der Waals surface area contributed by atoms with E-state index in [9.17, 15) is 15.0 Å². The van der Waals surface area contributed by atoms with Gasteiger partial charge in [0.1, 0.15) is 5.69 Å². The molecule has 11 heteroatoms. The maximum Gasteiger partial charge on any atom is 0.410 e. The summed E-state index contributed by atoms with van der Waals surface area (Å²) in [4.78, 5) is 20.3. The van der Waals surface area contributed by atoms with Gasteiger partial charge in [-0.05, 0) is 42.4 Å². The third-order valence-corrected chi connectivity index (χ3v) is 7.15. The Bertz CT molecular complexity index is 1280. The van der Waals surface area contributed by atoms with Gasteiger partial charge < -0.3 is 21.0 Å². The molecule has 0 unspecified atom stereocenters. The molecule has 0 saturated heterocycles. The molecule has 2 aromatic carbocycles. The smallest absolute Gasteiger partial charge is 0.410 e. The second kappa shape index (κ2) is 13.4. The summed E-state index contributed by atoms with van der Waals surface area (Å²) in [6.07, 6.45) is 3.22. The van der Waals surface area contributed by atoms with Gasteiger partial charge in [-0.25, -0.2) is 20.2 Å². The first kappa shape index (κ1) is 28.3. The summed E-state index contributed by atoms with van der Waals surface area (Å²) >= 11 is 6.31. The van der Waals surface area contributed by atoms with Gasteiger partial charge in [0, 0.05) is 17.1 Å². The number of nitrogens with one attached hydrogen (secondary N) is 5. The second-order valence-corrected chi connectivity index (χ2v) is 10.3. The van der Waals surface area contributed by atoms with Crippen molar-refractivity contribution in [2.24, 2.45) is 11.8 Å². The second-order valence-electron chi connectivity index (χ2n) is 9.86. The SMILES string of the molecule is C[C@H]1CC[C@H](CNc2c(NN[C@@H](CO)c3ccccc3)nc(C(=N)NC(=O)O)nc2-c2cccc(Cl)c2)CC1. The number of halogens is 1. The fourth-order valence-corrected chi connectivity index (χ4v) is 4.88. The zero-order valence-corrected chi connectivity index (χ0v) is 22.5. The number of hydrazine groups is 1. The van der Waals surface area contributed by atoms with Crippen LogP contribution in [0, 0.1) is 17.2 Å². The lowest BCUT2D eigenvalue weighted by Gasteiger charge is -2.28. The number of aromatic nitrogens is 2. The fraction of sp³-hybridized carbons (Fsp3) is 0.357. The summed E-state index contributed by atoms with van der Waals surface area (Å²) in [6.45, 7) is 2.80. The first-order valence-electron chi connectivity index (χ1n) is 13.0. The number of rotatable bonds is 10. The van der Waals surface area contributed by atoms with Crippen molar-refractivity contribution in [1.82, 2.24) is 20.7 Å². The van der Waals surface area contributed by atoms with Crippen LogP contribution in [-0.2, 0) is 0 Å². The highest BCUT2D eigenvalue weighted by Gasteiger charge is 2.23. The summed E-state index contributed by atoms with van der Waals surface area (Å²) in [5.41, 5.74) is 8.81.